The van der Waals surface area contributed by atoms with Gasteiger partial charge in [0.2, 0.25) is 10.0 Å². The molecule has 0 unspecified atom stereocenters. The van der Waals surface area contributed by atoms with Gasteiger partial charge in [-0.2, -0.15) is 9.37 Å². The van der Waals surface area contributed by atoms with Gasteiger partial charge >= 0.3 is 0 Å². The highest BCUT2D eigenvalue weighted by Gasteiger charge is 2.47. The van der Waals surface area contributed by atoms with Crippen LogP contribution in [0, 0.1) is 12.8 Å². The number of sulfonamides is 1. The first kappa shape index (κ1) is 23.1. The van der Waals surface area contributed by atoms with Crippen molar-refractivity contribution in [1.82, 2.24) is 9.37 Å². The van der Waals surface area contributed by atoms with Gasteiger partial charge in [-0.1, -0.05) is 54.6 Å². The van der Waals surface area contributed by atoms with Gasteiger partial charge in [-0.15, -0.1) is 0 Å². The number of hydrogen-bond donors (Lipinski definition) is 0. The van der Waals surface area contributed by atoms with Crippen LogP contribution in [0.5, 0.6) is 5.75 Å². The van der Waals surface area contributed by atoms with Crippen LogP contribution in [0.4, 0.5) is 0 Å². The van der Waals surface area contributed by atoms with E-state index in [1.165, 1.54) is 0 Å². The summed E-state index contributed by atoms with van der Waals surface area (Å²) in [4.78, 5) is 6.16. The van der Waals surface area contributed by atoms with E-state index in [0.717, 1.165) is 28.0 Å². The number of rotatable bonds is 5. The summed E-state index contributed by atoms with van der Waals surface area (Å²) in [5.74, 6) is 0.925. The van der Waals surface area contributed by atoms with Gasteiger partial charge in [-0.25, -0.2) is 8.42 Å². The number of hydroxylamine groups is 2. The Bertz CT molecular complexity index is 1290. The van der Waals surface area contributed by atoms with Gasteiger partial charge in [0.15, 0.2) is 0 Å². The summed E-state index contributed by atoms with van der Waals surface area (Å²) in [6.45, 7) is 2.81. The lowest BCUT2D eigenvalue weighted by Crippen LogP contribution is -2.49. The topological polar surface area (TPSA) is 59.1 Å². The molecule has 0 spiro atoms. The molecule has 3 aromatic rings. The van der Waals surface area contributed by atoms with E-state index in [1.54, 1.807) is 23.5 Å². The van der Waals surface area contributed by atoms with E-state index < -0.39 is 10.0 Å². The summed E-state index contributed by atoms with van der Waals surface area (Å²) in [6, 6.07) is 23.1. The van der Waals surface area contributed by atoms with Crippen LogP contribution < -0.4 is 4.74 Å². The Morgan fingerprint density at radius 3 is 2.56 bits per heavy atom. The molecule has 7 heteroatoms. The second kappa shape index (κ2) is 9.15. The van der Waals surface area contributed by atoms with Crippen molar-refractivity contribution in [2.45, 2.75) is 30.3 Å². The second-order valence-electron chi connectivity index (χ2n) is 9.09. The maximum atomic E-state index is 14.0. The summed E-state index contributed by atoms with van der Waals surface area (Å²) in [6.07, 6.45) is 0.668. The summed E-state index contributed by atoms with van der Waals surface area (Å²) in [5, 5.41) is 1.90. The molecule has 3 aromatic carbocycles. The fourth-order valence-electron chi connectivity index (χ4n) is 5.27. The van der Waals surface area contributed by atoms with Crippen LogP contribution >= 0.6 is 0 Å². The fourth-order valence-corrected chi connectivity index (χ4v) is 7.18. The van der Waals surface area contributed by atoms with Crippen molar-refractivity contribution >= 4 is 10.0 Å². The van der Waals surface area contributed by atoms with Gasteiger partial charge in [0.1, 0.15) is 5.75 Å². The zero-order valence-corrected chi connectivity index (χ0v) is 20.5. The third-order valence-electron chi connectivity index (χ3n) is 7.10. The van der Waals surface area contributed by atoms with Crippen molar-refractivity contribution in [3.63, 3.8) is 0 Å². The Kier molecular flexibility index (Phi) is 6.20. The Morgan fingerprint density at radius 1 is 1.00 bits per heavy atom. The maximum Gasteiger partial charge on any atom is 0.243 e. The highest BCUT2D eigenvalue weighted by molar-refractivity contribution is 7.89. The Labute approximate surface area is 201 Å². The highest BCUT2D eigenvalue weighted by Crippen LogP contribution is 2.43. The molecule has 0 amide bonds. The van der Waals surface area contributed by atoms with Gasteiger partial charge in [-0.05, 0) is 48.2 Å². The van der Waals surface area contributed by atoms with E-state index in [-0.39, 0.29) is 18.0 Å². The third kappa shape index (κ3) is 4.03. The van der Waals surface area contributed by atoms with Gasteiger partial charge < -0.3 is 4.74 Å². The number of methoxy groups -OCH3 is 1. The van der Waals surface area contributed by atoms with Crippen molar-refractivity contribution in [2.24, 2.45) is 5.92 Å². The Hall–Kier alpha value is -2.71. The average molecular weight is 479 g/mol. The molecule has 3 atom stereocenters. The number of ether oxygens (including phenoxy) is 1. The zero-order chi connectivity index (χ0) is 23.9. The fraction of sp³-hybridized carbons (Fsp3) is 0.333. The number of aryl methyl sites for hydroxylation is 1. The number of benzene rings is 3. The van der Waals surface area contributed by atoms with Crippen LogP contribution in [0.2, 0.25) is 0 Å². The predicted molar refractivity (Wildman–Crippen MR) is 132 cm³/mol. The van der Waals surface area contributed by atoms with E-state index in [1.807, 2.05) is 73.6 Å². The quantitative estimate of drug-likeness (QED) is 0.534. The molecular formula is C27H30N2O4S. The first-order chi connectivity index (χ1) is 16.4. The van der Waals surface area contributed by atoms with Gasteiger partial charge in [-0.3, -0.25) is 4.84 Å². The molecule has 5 rings (SSSR count). The molecule has 6 nitrogen and oxygen atoms in total. The van der Waals surface area contributed by atoms with Crippen molar-refractivity contribution in [3.8, 4) is 16.9 Å². The molecule has 178 valence electrons. The molecule has 0 N–H and O–H groups in total. The SMILES string of the molecule is COc1ccccc1-c1cccc([C@@H]2C[C@H]3[C@H](CON3C)CN2S(=O)(=O)c2ccccc2C)c1. The lowest BCUT2D eigenvalue weighted by Gasteiger charge is -2.41. The van der Waals surface area contributed by atoms with E-state index in [2.05, 4.69) is 6.07 Å². The van der Waals surface area contributed by atoms with Crippen LogP contribution in [-0.4, -0.2) is 51.1 Å². The van der Waals surface area contributed by atoms with Gasteiger partial charge in [0, 0.05) is 31.1 Å². The standard InChI is InChI=1S/C27H30N2O4S/c1-19-9-4-7-14-27(19)34(30,31)29-17-22-18-33-28(2)24(22)16-25(29)21-11-8-10-20(15-21)23-12-5-6-13-26(23)32-3/h4-15,22,24-25H,16-18H2,1-3H3/t22-,24-,25-/m0/s1. The molecule has 0 radical (unpaired) electrons. The highest BCUT2D eigenvalue weighted by atomic mass is 32.2. The zero-order valence-electron chi connectivity index (χ0n) is 19.7. The van der Waals surface area contributed by atoms with E-state index in [4.69, 9.17) is 9.57 Å². The van der Waals surface area contributed by atoms with E-state index >= 15 is 0 Å². The molecule has 34 heavy (non-hydrogen) atoms. The first-order valence-electron chi connectivity index (χ1n) is 11.6. The van der Waals surface area contributed by atoms with Crippen LogP contribution in [0.3, 0.4) is 0 Å². The van der Waals surface area contributed by atoms with Crippen LogP contribution in [0.15, 0.2) is 77.7 Å². The monoisotopic (exact) mass is 478 g/mol. The lowest BCUT2D eigenvalue weighted by atomic mass is 9.86. The summed E-state index contributed by atoms with van der Waals surface area (Å²) in [7, 11) is -0.0959. The molecule has 0 bridgehead atoms. The summed E-state index contributed by atoms with van der Waals surface area (Å²) < 4.78 is 35.2. The van der Waals surface area contributed by atoms with Crippen LogP contribution in [0.1, 0.15) is 23.6 Å². The molecule has 2 fully saturated rings. The molecule has 0 aliphatic carbocycles. The maximum absolute atomic E-state index is 14.0. The molecular weight excluding hydrogens is 448 g/mol. The minimum Gasteiger partial charge on any atom is -0.496 e. The van der Waals surface area contributed by atoms with E-state index in [0.29, 0.717) is 24.5 Å². The van der Waals surface area contributed by atoms with Gasteiger partial charge in [0.25, 0.3) is 0 Å². The number of hydrogen-bond acceptors (Lipinski definition) is 5. The van der Waals surface area contributed by atoms with Gasteiger partial charge in [0.05, 0.1) is 24.7 Å². The second-order valence-corrected chi connectivity index (χ2v) is 10.9. The summed E-state index contributed by atoms with van der Waals surface area (Å²) >= 11 is 0. The number of para-hydroxylation sites is 1. The average Bonchev–Trinajstić information content (AvgIpc) is 3.23. The van der Waals surface area contributed by atoms with Crippen molar-refractivity contribution in [1.29, 1.82) is 0 Å². The number of fused-ring (bicyclic) bond motifs is 1. The molecule has 0 saturated carbocycles. The largest absolute Gasteiger partial charge is 0.496 e. The molecule has 2 heterocycles. The molecule has 2 saturated heterocycles. The lowest BCUT2D eigenvalue weighted by molar-refractivity contribution is -0.113. The smallest absolute Gasteiger partial charge is 0.243 e. The molecule has 0 aromatic heterocycles. The van der Waals surface area contributed by atoms with Crippen molar-refractivity contribution in [2.75, 3.05) is 27.3 Å². The van der Waals surface area contributed by atoms with Crippen LogP contribution in [-0.2, 0) is 14.9 Å². The molecule has 2 aliphatic rings. The third-order valence-corrected chi connectivity index (χ3v) is 9.13. The molecule has 2 aliphatic heterocycles. The summed E-state index contributed by atoms with van der Waals surface area (Å²) in [5.41, 5.74) is 3.71. The van der Waals surface area contributed by atoms with E-state index in [9.17, 15) is 8.42 Å². The predicted octanol–water partition coefficient (Wildman–Crippen LogP) is 4.67. The Morgan fingerprint density at radius 2 is 1.76 bits per heavy atom. The van der Waals surface area contributed by atoms with Crippen molar-refractivity contribution in [3.05, 3.63) is 83.9 Å². The van der Waals surface area contributed by atoms with Crippen molar-refractivity contribution < 1.29 is 18.0 Å². The minimum atomic E-state index is -3.70. The normalized spacial score (nSPS) is 23.6. The van der Waals surface area contributed by atoms with Crippen LogP contribution in [0.25, 0.3) is 11.1 Å². The number of nitrogens with zero attached hydrogens (tertiary/aromatic N) is 2. The first-order valence-corrected chi connectivity index (χ1v) is 13.0. The minimum absolute atomic E-state index is 0.137. The number of piperidine rings is 1. The Balaban J connectivity index is 1.59.